The van der Waals surface area contributed by atoms with Crippen molar-refractivity contribution in [1.29, 1.82) is 0 Å². The molecule has 3 N–H and O–H groups in total. The van der Waals surface area contributed by atoms with E-state index >= 15 is 0 Å². The summed E-state index contributed by atoms with van der Waals surface area (Å²) in [6.07, 6.45) is 2.72. The zero-order valence-electron chi connectivity index (χ0n) is 7.23. The Hall–Kier alpha value is -0.780. The Balaban J connectivity index is 0.00000169. The standard InChI is InChI=1S/C8H10F2N2O.ClH/c9-8(10,5-13)7(11)6-2-1-3-12-4-6;/h1-4,7,13H,5,11H2;1H/t7-;/m1./s1. The largest absolute Gasteiger partial charge is 0.390 e. The Labute approximate surface area is 86.4 Å². The van der Waals surface area contributed by atoms with Crippen LogP contribution in [0.1, 0.15) is 11.6 Å². The molecule has 0 aromatic carbocycles. The van der Waals surface area contributed by atoms with Crippen molar-refractivity contribution in [3.63, 3.8) is 0 Å². The number of aromatic nitrogens is 1. The Morgan fingerprint density at radius 1 is 1.57 bits per heavy atom. The first-order valence-corrected chi connectivity index (χ1v) is 3.72. The van der Waals surface area contributed by atoms with Gasteiger partial charge in [-0.2, -0.15) is 0 Å². The summed E-state index contributed by atoms with van der Waals surface area (Å²) in [5.41, 5.74) is 5.44. The third-order valence-electron chi connectivity index (χ3n) is 1.71. The molecule has 0 fully saturated rings. The lowest BCUT2D eigenvalue weighted by Gasteiger charge is -2.20. The van der Waals surface area contributed by atoms with Crippen molar-refractivity contribution in [2.45, 2.75) is 12.0 Å². The van der Waals surface area contributed by atoms with Gasteiger partial charge in [0.05, 0.1) is 6.04 Å². The number of hydrogen-bond acceptors (Lipinski definition) is 3. The van der Waals surface area contributed by atoms with Gasteiger partial charge in [0.1, 0.15) is 6.61 Å². The highest BCUT2D eigenvalue weighted by Crippen LogP contribution is 2.27. The second-order valence-electron chi connectivity index (χ2n) is 2.68. The quantitative estimate of drug-likeness (QED) is 0.809. The zero-order valence-corrected chi connectivity index (χ0v) is 8.05. The minimum Gasteiger partial charge on any atom is -0.390 e. The van der Waals surface area contributed by atoms with E-state index in [0.717, 1.165) is 0 Å². The zero-order chi connectivity index (χ0) is 9.90. The van der Waals surface area contributed by atoms with Gasteiger partial charge in [0.25, 0.3) is 5.92 Å². The highest BCUT2D eigenvalue weighted by atomic mass is 35.5. The molecule has 0 radical (unpaired) electrons. The Bertz CT molecular complexity index is 271. The van der Waals surface area contributed by atoms with Crippen LogP contribution in [0.3, 0.4) is 0 Å². The van der Waals surface area contributed by atoms with Gasteiger partial charge < -0.3 is 10.8 Å². The number of nitrogens with zero attached hydrogens (tertiary/aromatic N) is 1. The van der Waals surface area contributed by atoms with Crippen molar-refractivity contribution in [1.82, 2.24) is 4.98 Å². The van der Waals surface area contributed by atoms with Gasteiger partial charge in [-0.05, 0) is 11.6 Å². The molecule has 6 heteroatoms. The number of aliphatic hydroxyl groups excluding tert-OH is 1. The average Bonchev–Trinajstić information content (AvgIpc) is 2.18. The first-order chi connectivity index (χ1) is 6.08. The fourth-order valence-corrected chi connectivity index (χ4v) is 0.902. The van der Waals surface area contributed by atoms with Gasteiger partial charge in [-0.25, -0.2) is 8.78 Å². The Morgan fingerprint density at radius 3 is 2.64 bits per heavy atom. The summed E-state index contributed by atoms with van der Waals surface area (Å²) in [4.78, 5) is 3.66. The van der Waals surface area contributed by atoms with Gasteiger partial charge in [0.15, 0.2) is 0 Å². The van der Waals surface area contributed by atoms with Crippen molar-refractivity contribution in [3.05, 3.63) is 30.1 Å². The number of rotatable bonds is 3. The third kappa shape index (κ3) is 2.87. The topological polar surface area (TPSA) is 59.1 Å². The van der Waals surface area contributed by atoms with Crippen LogP contribution in [-0.4, -0.2) is 22.6 Å². The van der Waals surface area contributed by atoms with Crippen LogP contribution in [0, 0.1) is 0 Å². The van der Waals surface area contributed by atoms with E-state index in [1.807, 2.05) is 0 Å². The van der Waals surface area contributed by atoms with Crippen LogP contribution in [0.4, 0.5) is 8.78 Å². The summed E-state index contributed by atoms with van der Waals surface area (Å²) >= 11 is 0. The summed E-state index contributed by atoms with van der Waals surface area (Å²) in [6.45, 7) is -1.26. The van der Waals surface area contributed by atoms with Crippen molar-refractivity contribution < 1.29 is 13.9 Å². The molecule has 0 unspecified atom stereocenters. The van der Waals surface area contributed by atoms with Crippen LogP contribution in [0.15, 0.2) is 24.5 Å². The first kappa shape index (κ1) is 13.2. The van der Waals surface area contributed by atoms with E-state index in [-0.39, 0.29) is 18.0 Å². The molecule has 14 heavy (non-hydrogen) atoms. The number of pyridine rings is 1. The molecule has 0 aliphatic rings. The van der Waals surface area contributed by atoms with E-state index in [4.69, 9.17) is 10.8 Å². The normalized spacial score (nSPS) is 13.1. The summed E-state index contributed by atoms with van der Waals surface area (Å²) in [5.74, 6) is -3.30. The van der Waals surface area contributed by atoms with Crippen LogP contribution in [-0.2, 0) is 0 Å². The molecule has 0 amide bonds. The monoisotopic (exact) mass is 224 g/mol. The van der Waals surface area contributed by atoms with Crippen molar-refractivity contribution in [2.75, 3.05) is 6.61 Å². The minimum absolute atomic E-state index is 0. The molecular weight excluding hydrogens is 214 g/mol. The maximum Gasteiger partial charge on any atom is 0.289 e. The highest BCUT2D eigenvalue weighted by Gasteiger charge is 2.37. The van der Waals surface area contributed by atoms with Crippen molar-refractivity contribution in [3.8, 4) is 0 Å². The molecule has 0 aliphatic carbocycles. The molecule has 1 aromatic heterocycles. The number of aliphatic hydroxyl groups is 1. The molecule has 3 nitrogen and oxygen atoms in total. The maximum atomic E-state index is 12.8. The molecular formula is C8H11ClF2N2O. The van der Waals surface area contributed by atoms with E-state index in [1.165, 1.54) is 24.5 Å². The van der Waals surface area contributed by atoms with E-state index in [9.17, 15) is 8.78 Å². The van der Waals surface area contributed by atoms with E-state index in [1.54, 1.807) is 0 Å². The van der Waals surface area contributed by atoms with E-state index < -0.39 is 18.6 Å². The number of halogens is 3. The van der Waals surface area contributed by atoms with Gasteiger partial charge in [-0.3, -0.25) is 4.98 Å². The SMILES string of the molecule is Cl.N[C@H](c1cccnc1)C(F)(F)CO. The van der Waals surface area contributed by atoms with Crippen LogP contribution in [0.25, 0.3) is 0 Å². The second-order valence-corrected chi connectivity index (χ2v) is 2.68. The lowest BCUT2D eigenvalue weighted by molar-refractivity contribution is -0.0712. The molecule has 0 saturated carbocycles. The summed E-state index contributed by atoms with van der Waals surface area (Å²) in [6, 6.07) is 1.45. The number of alkyl halides is 2. The van der Waals surface area contributed by atoms with Gasteiger partial charge in [0, 0.05) is 12.4 Å². The van der Waals surface area contributed by atoms with Gasteiger partial charge >= 0.3 is 0 Å². The summed E-state index contributed by atoms with van der Waals surface area (Å²) in [5, 5.41) is 8.38. The molecule has 1 aromatic rings. The van der Waals surface area contributed by atoms with Gasteiger partial charge in [0.2, 0.25) is 0 Å². The van der Waals surface area contributed by atoms with Crippen molar-refractivity contribution in [2.24, 2.45) is 5.73 Å². The Kier molecular flexibility index (Phi) is 4.90. The van der Waals surface area contributed by atoms with E-state index in [2.05, 4.69) is 4.98 Å². The predicted molar refractivity (Wildman–Crippen MR) is 50.4 cm³/mol. The average molecular weight is 225 g/mol. The molecule has 0 saturated heterocycles. The minimum atomic E-state index is -3.30. The molecule has 0 spiro atoms. The summed E-state index contributed by atoms with van der Waals surface area (Å²) in [7, 11) is 0. The number of hydrogen-bond donors (Lipinski definition) is 2. The fourth-order valence-electron chi connectivity index (χ4n) is 0.902. The van der Waals surface area contributed by atoms with Gasteiger partial charge in [-0.15, -0.1) is 12.4 Å². The Morgan fingerprint density at radius 2 is 2.21 bits per heavy atom. The lowest BCUT2D eigenvalue weighted by Crippen LogP contribution is -2.36. The van der Waals surface area contributed by atoms with Crippen LogP contribution in [0.2, 0.25) is 0 Å². The van der Waals surface area contributed by atoms with Crippen LogP contribution in [0.5, 0.6) is 0 Å². The molecule has 0 aliphatic heterocycles. The van der Waals surface area contributed by atoms with Crippen molar-refractivity contribution >= 4 is 12.4 Å². The molecule has 1 rings (SSSR count). The molecule has 1 heterocycles. The van der Waals surface area contributed by atoms with E-state index in [0.29, 0.717) is 0 Å². The predicted octanol–water partition coefficient (Wildman–Crippen LogP) is 1.13. The van der Waals surface area contributed by atoms with Gasteiger partial charge in [-0.1, -0.05) is 6.07 Å². The lowest BCUT2D eigenvalue weighted by atomic mass is 10.0. The van der Waals surface area contributed by atoms with Crippen LogP contribution < -0.4 is 5.73 Å². The summed E-state index contributed by atoms with van der Waals surface area (Å²) < 4.78 is 25.7. The molecule has 80 valence electrons. The fraction of sp³-hybridized carbons (Fsp3) is 0.375. The smallest absolute Gasteiger partial charge is 0.289 e. The highest BCUT2D eigenvalue weighted by molar-refractivity contribution is 5.85. The third-order valence-corrected chi connectivity index (χ3v) is 1.71. The molecule has 1 atom stereocenters. The molecule has 0 bridgehead atoms. The first-order valence-electron chi connectivity index (χ1n) is 3.72. The maximum absolute atomic E-state index is 12.8. The number of nitrogens with two attached hydrogens (primary N) is 1. The van der Waals surface area contributed by atoms with Crippen LogP contribution >= 0.6 is 12.4 Å². The second kappa shape index (κ2) is 5.19.